The third-order valence-electron chi connectivity index (χ3n) is 4.87. The number of aromatic nitrogens is 1. The van der Waals surface area contributed by atoms with Crippen molar-refractivity contribution < 1.29 is 9.59 Å². The zero-order valence-electron chi connectivity index (χ0n) is 14.9. The number of H-pyrrole nitrogens is 1. The van der Waals surface area contributed by atoms with E-state index in [4.69, 9.17) is 0 Å². The van der Waals surface area contributed by atoms with Gasteiger partial charge in [-0.05, 0) is 31.5 Å². The van der Waals surface area contributed by atoms with Crippen LogP contribution in [0.3, 0.4) is 0 Å². The molecule has 2 heterocycles. The number of carbonyl (C=O) groups is 2. The standard InChI is InChI=1S/C19H26N4O2/c1-3-14(2)21-18(24)13-22-9-11-23(12-10-22)19(25)16-5-4-6-17-15(16)7-8-20-17/h4-8,14,20H,3,9-13H2,1-2H3,(H,21,24)/t14-/m1/s1. The molecular weight excluding hydrogens is 316 g/mol. The van der Waals surface area contributed by atoms with Crippen LogP contribution in [0, 0.1) is 0 Å². The second kappa shape index (κ2) is 7.70. The van der Waals surface area contributed by atoms with Gasteiger partial charge in [0.2, 0.25) is 5.91 Å². The molecule has 0 saturated carbocycles. The Bertz CT molecular complexity index is 747. The molecule has 1 aliphatic rings. The van der Waals surface area contributed by atoms with Gasteiger partial charge >= 0.3 is 0 Å². The molecule has 1 saturated heterocycles. The zero-order valence-corrected chi connectivity index (χ0v) is 14.9. The lowest BCUT2D eigenvalue weighted by Crippen LogP contribution is -2.51. The lowest BCUT2D eigenvalue weighted by Gasteiger charge is -2.34. The minimum absolute atomic E-state index is 0.0613. The van der Waals surface area contributed by atoms with Crippen molar-refractivity contribution in [1.29, 1.82) is 0 Å². The molecule has 0 spiro atoms. The quantitative estimate of drug-likeness (QED) is 0.871. The number of hydrogen-bond donors (Lipinski definition) is 2. The maximum absolute atomic E-state index is 12.8. The fourth-order valence-corrected chi connectivity index (χ4v) is 3.18. The van der Waals surface area contributed by atoms with Crippen LogP contribution >= 0.6 is 0 Å². The first-order chi connectivity index (χ1) is 12.1. The molecule has 0 radical (unpaired) electrons. The van der Waals surface area contributed by atoms with Crippen molar-refractivity contribution in [2.24, 2.45) is 0 Å². The number of nitrogens with zero attached hydrogens (tertiary/aromatic N) is 2. The van der Waals surface area contributed by atoms with Gasteiger partial charge in [0, 0.05) is 54.9 Å². The van der Waals surface area contributed by atoms with E-state index in [0.29, 0.717) is 19.6 Å². The molecule has 2 N–H and O–H groups in total. The molecule has 6 heteroatoms. The summed E-state index contributed by atoms with van der Waals surface area (Å²) in [6, 6.07) is 7.90. The Labute approximate surface area is 148 Å². The van der Waals surface area contributed by atoms with E-state index in [1.807, 2.05) is 42.3 Å². The van der Waals surface area contributed by atoms with E-state index in [2.05, 4.69) is 22.1 Å². The topological polar surface area (TPSA) is 68.4 Å². The molecule has 1 fully saturated rings. The number of amides is 2. The van der Waals surface area contributed by atoms with Crippen molar-refractivity contribution in [2.45, 2.75) is 26.3 Å². The van der Waals surface area contributed by atoms with E-state index in [1.54, 1.807) is 0 Å². The summed E-state index contributed by atoms with van der Waals surface area (Å²) in [6.07, 6.45) is 2.79. The van der Waals surface area contributed by atoms with Gasteiger partial charge in [-0.1, -0.05) is 13.0 Å². The second-order valence-corrected chi connectivity index (χ2v) is 6.69. The van der Waals surface area contributed by atoms with Crippen LogP contribution in [-0.2, 0) is 4.79 Å². The molecule has 3 rings (SSSR count). The molecule has 6 nitrogen and oxygen atoms in total. The van der Waals surface area contributed by atoms with Crippen LogP contribution in [0.2, 0.25) is 0 Å². The number of hydrogen-bond acceptors (Lipinski definition) is 3. The maximum atomic E-state index is 12.8. The highest BCUT2D eigenvalue weighted by atomic mass is 16.2. The first kappa shape index (κ1) is 17.5. The lowest BCUT2D eigenvalue weighted by molar-refractivity contribution is -0.123. The van der Waals surface area contributed by atoms with E-state index in [9.17, 15) is 9.59 Å². The van der Waals surface area contributed by atoms with Gasteiger partial charge in [-0.15, -0.1) is 0 Å². The highest BCUT2D eigenvalue weighted by molar-refractivity contribution is 6.06. The third-order valence-corrected chi connectivity index (χ3v) is 4.87. The second-order valence-electron chi connectivity index (χ2n) is 6.69. The summed E-state index contributed by atoms with van der Waals surface area (Å²) in [5.41, 5.74) is 1.72. The van der Waals surface area contributed by atoms with E-state index < -0.39 is 0 Å². The van der Waals surface area contributed by atoms with Crippen molar-refractivity contribution in [3.63, 3.8) is 0 Å². The van der Waals surface area contributed by atoms with Gasteiger partial charge < -0.3 is 15.2 Å². The van der Waals surface area contributed by atoms with Crippen LogP contribution in [0.15, 0.2) is 30.5 Å². The van der Waals surface area contributed by atoms with Crippen molar-refractivity contribution in [2.75, 3.05) is 32.7 Å². The van der Waals surface area contributed by atoms with Crippen molar-refractivity contribution >= 4 is 22.7 Å². The minimum Gasteiger partial charge on any atom is -0.361 e. The Hall–Kier alpha value is -2.34. The predicted molar refractivity (Wildman–Crippen MR) is 98.5 cm³/mol. The molecule has 1 aliphatic heterocycles. The highest BCUT2D eigenvalue weighted by Gasteiger charge is 2.24. The van der Waals surface area contributed by atoms with Crippen LogP contribution in [0.5, 0.6) is 0 Å². The minimum atomic E-state index is 0.0613. The van der Waals surface area contributed by atoms with E-state index >= 15 is 0 Å². The van der Waals surface area contributed by atoms with Crippen molar-refractivity contribution in [3.8, 4) is 0 Å². The van der Waals surface area contributed by atoms with Crippen LogP contribution in [0.25, 0.3) is 10.9 Å². The molecule has 0 bridgehead atoms. The van der Waals surface area contributed by atoms with Crippen LogP contribution < -0.4 is 5.32 Å². The van der Waals surface area contributed by atoms with Crippen LogP contribution in [-0.4, -0.2) is 65.4 Å². The van der Waals surface area contributed by atoms with E-state index in [-0.39, 0.29) is 17.9 Å². The Morgan fingerprint density at radius 1 is 1.20 bits per heavy atom. The fraction of sp³-hybridized carbons (Fsp3) is 0.474. The summed E-state index contributed by atoms with van der Waals surface area (Å²) >= 11 is 0. The summed E-state index contributed by atoms with van der Waals surface area (Å²) in [4.78, 5) is 32.0. The predicted octanol–water partition coefficient (Wildman–Crippen LogP) is 1.84. The SMILES string of the molecule is CC[C@@H](C)NC(=O)CN1CCN(C(=O)c2cccc3[nH]ccc23)CC1. The number of carbonyl (C=O) groups excluding carboxylic acids is 2. The van der Waals surface area contributed by atoms with Gasteiger partial charge in [0.05, 0.1) is 6.54 Å². The smallest absolute Gasteiger partial charge is 0.254 e. The summed E-state index contributed by atoms with van der Waals surface area (Å²) < 4.78 is 0. The van der Waals surface area contributed by atoms with Gasteiger partial charge in [-0.3, -0.25) is 14.5 Å². The number of fused-ring (bicyclic) bond motifs is 1. The molecule has 1 atom stereocenters. The normalized spacial score (nSPS) is 16.8. The maximum Gasteiger partial charge on any atom is 0.254 e. The molecule has 25 heavy (non-hydrogen) atoms. The molecular formula is C19H26N4O2. The summed E-state index contributed by atoms with van der Waals surface area (Å²) in [5, 5.41) is 3.95. The first-order valence-electron chi connectivity index (χ1n) is 8.95. The van der Waals surface area contributed by atoms with E-state index in [0.717, 1.165) is 36.0 Å². The molecule has 2 amide bonds. The van der Waals surface area contributed by atoms with Gasteiger partial charge in [0.25, 0.3) is 5.91 Å². The number of benzene rings is 1. The number of nitrogens with one attached hydrogen (secondary N) is 2. The average molecular weight is 342 g/mol. The first-order valence-corrected chi connectivity index (χ1v) is 8.95. The lowest BCUT2D eigenvalue weighted by atomic mass is 10.1. The van der Waals surface area contributed by atoms with E-state index in [1.165, 1.54) is 0 Å². The van der Waals surface area contributed by atoms with Gasteiger partial charge in [0.1, 0.15) is 0 Å². The fourth-order valence-electron chi connectivity index (χ4n) is 3.18. The van der Waals surface area contributed by atoms with Crippen LogP contribution in [0.4, 0.5) is 0 Å². The Kier molecular flexibility index (Phi) is 5.38. The monoisotopic (exact) mass is 342 g/mol. The van der Waals surface area contributed by atoms with Gasteiger partial charge in [-0.25, -0.2) is 0 Å². The molecule has 134 valence electrons. The molecule has 1 aromatic heterocycles. The zero-order chi connectivity index (χ0) is 17.8. The number of rotatable bonds is 5. The average Bonchev–Trinajstić information content (AvgIpc) is 3.10. The Morgan fingerprint density at radius 2 is 1.96 bits per heavy atom. The van der Waals surface area contributed by atoms with Crippen molar-refractivity contribution in [1.82, 2.24) is 20.1 Å². The molecule has 1 aromatic carbocycles. The summed E-state index contributed by atoms with van der Waals surface area (Å²) in [5.74, 6) is 0.125. The largest absolute Gasteiger partial charge is 0.361 e. The number of aromatic amines is 1. The molecule has 0 aliphatic carbocycles. The Balaban J connectivity index is 1.56. The van der Waals surface area contributed by atoms with Gasteiger partial charge in [0.15, 0.2) is 0 Å². The molecule has 2 aromatic rings. The Morgan fingerprint density at radius 3 is 2.68 bits per heavy atom. The van der Waals surface area contributed by atoms with Crippen molar-refractivity contribution in [3.05, 3.63) is 36.0 Å². The summed E-state index contributed by atoms with van der Waals surface area (Å²) in [6.45, 7) is 7.22. The van der Waals surface area contributed by atoms with Gasteiger partial charge in [-0.2, -0.15) is 0 Å². The molecule has 0 unspecified atom stereocenters. The highest BCUT2D eigenvalue weighted by Crippen LogP contribution is 2.19. The third kappa shape index (κ3) is 4.02. The summed E-state index contributed by atoms with van der Waals surface area (Å²) in [7, 11) is 0. The number of piperazine rings is 1. The van der Waals surface area contributed by atoms with Crippen LogP contribution in [0.1, 0.15) is 30.6 Å².